The molecule has 116 valence electrons. The zero-order chi connectivity index (χ0) is 16.3. The molecule has 1 aliphatic heterocycles. The van der Waals surface area contributed by atoms with Crippen molar-refractivity contribution in [3.05, 3.63) is 47.4 Å². The van der Waals surface area contributed by atoms with Gasteiger partial charge in [0, 0.05) is 11.8 Å². The van der Waals surface area contributed by atoms with E-state index >= 15 is 0 Å². The van der Waals surface area contributed by atoms with Crippen LogP contribution in [0.1, 0.15) is 19.4 Å². The zero-order valence-electron chi connectivity index (χ0n) is 13.0. The third-order valence-corrected chi connectivity index (χ3v) is 4.26. The summed E-state index contributed by atoms with van der Waals surface area (Å²) in [4.78, 5) is 26.8. The minimum absolute atomic E-state index is 0.212. The summed E-state index contributed by atoms with van der Waals surface area (Å²) >= 11 is 1.42. The first-order valence-electron chi connectivity index (χ1n) is 7.02. The fourth-order valence-corrected chi connectivity index (χ4v) is 3.21. The number of hydrogen-bond donors (Lipinski definition) is 0. The Morgan fingerprint density at radius 2 is 1.86 bits per heavy atom. The maximum Gasteiger partial charge on any atom is 0.268 e. The number of methoxy groups -OCH3 is 1. The first-order chi connectivity index (χ1) is 10.5. The van der Waals surface area contributed by atoms with Crippen molar-refractivity contribution in [2.45, 2.75) is 19.1 Å². The monoisotopic (exact) mass is 317 g/mol. The number of thioether (sulfide) groups is 1. The number of ether oxygens (including phenoxy) is 1. The molecule has 0 fully saturated rings. The quantitative estimate of drug-likeness (QED) is 0.597. The van der Waals surface area contributed by atoms with Crippen molar-refractivity contribution in [1.82, 2.24) is 4.90 Å². The van der Waals surface area contributed by atoms with E-state index in [2.05, 4.69) is 6.58 Å². The molecule has 1 aliphatic rings. The Balaban J connectivity index is 2.48. The average molecular weight is 317 g/mol. The highest BCUT2D eigenvalue weighted by Gasteiger charge is 2.38. The fraction of sp³-hybridized carbons (Fsp3) is 0.294. The third-order valence-electron chi connectivity index (χ3n) is 3.17. The molecule has 0 saturated carbocycles. The van der Waals surface area contributed by atoms with Crippen LogP contribution in [0.4, 0.5) is 0 Å². The number of rotatable bonds is 6. The van der Waals surface area contributed by atoms with Crippen LogP contribution >= 0.6 is 11.8 Å². The van der Waals surface area contributed by atoms with Gasteiger partial charge in [-0.1, -0.05) is 32.1 Å². The van der Waals surface area contributed by atoms with E-state index in [1.807, 2.05) is 13.8 Å². The van der Waals surface area contributed by atoms with Crippen LogP contribution in [0.2, 0.25) is 0 Å². The molecule has 0 radical (unpaired) electrons. The second kappa shape index (κ2) is 6.83. The Hall–Kier alpha value is -2.01. The molecule has 1 aromatic rings. The van der Waals surface area contributed by atoms with Gasteiger partial charge in [-0.15, -0.1) is 18.3 Å². The molecule has 5 heteroatoms. The lowest BCUT2D eigenvalue weighted by atomic mass is 10.1. The maximum absolute atomic E-state index is 12.6. The Labute approximate surface area is 134 Å². The van der Waals surface area contributed by atoms with E-state index in [1.165, 1.54) is 16.7 Å². The van der Waals surface area contributed by atoms with Crippen molar-refractivity contribution in [2.75, 3.05) is 13.7 Å². The number of carbonyl (C=O) groups excluding carboxylic acids is 2. The molecule has 0 saturated heterocycles. The SMILES string of the molecule is C=CCN1C(=O)C(SC(C)C)=C(c2ccc(OC)cc2)C1=O. The molecule has 0 aliphatic carbocycles. The van der Waals surface area contributed by atoms with Crippen LogP contribution in [0.5, 0.6) is 5.75 Å². The third kappa shape index (κ3) is 3.09. The highest BCUT2D eigenvalue weighted by molar-refractivity contribution is 8.04. The molecule has 0 spiro atoms. The predicted octanol–water partition coefficient (Wildman–Crippen LogP) is 3.10. The molecule has 1 aromatic carbocycles. The van der Waals surface area contributed by atoms with Gasteiger partial charge in [-0.3, -0.25) is 14.5 Å². The van der Waals surface area contributed by atoms with Gasteiger partial charge in [0.1, 0.15) is 5.75 Å². The molecular weight excluding hydrogens is 298 g/mol. The summed E-state index contributed by atoms with van der Waals surface area (Å²) in [6.07, 6.45) is 1.56. The minimum atomic E-state index is -0.266. The molecule has 0 bridgehead atoms. The highest BCUT2D eigenvalue weighted by atomic mass is 32.2. The van der Waals surface area contributed by atoms with Crippen LogP contribution in [-0.2, 0) is 9.59 Å². The molecule has 0 aromatic heterocycles. The minimum Gasteiger partial charge on any atom is -0.497 e. The summed E-state index contributed by atoms with van der Waals surface area (Å²) in [5.41, 5.74) is 1.20. The van der Waals surface area contributed by atoms with E-state index in [-0.39, 0.29) is 23.6 Å². The van der Waals surface area contributed by atoms with Crippen LogP contribution in [0.25, 0.3) is 5.57 Å². The topological polar surface area (TPSA) is 46.6 Å². The van der Waals surface area contributed by atoms with Gasteiger partial charge >= 0.3 is 0 Å². The van der Waals surface area contributed by atoms with Crippen LogP contribution in [-0.4, -0.2) is 35.6 Å². The van der Waals surface area contributed by atoms with Crippen LogP contribution in [0, 0.1) is 0 Å². The van der Waals surface area contributed by atoms with Gasteiger partial charge in [0.25, 0.3) is 11.8 Å². The Morgan fingerprint density at radius 3 is 2.36 bits per heavy atom. The van der Waals surface area contributed by atoms with E-state index in [9.17, 15) is 9.59 Å². The van der Waals surface area contributed by atoms with Gasteiger partial charge in [0.05, 0.1) is 17.6 Å². The van der Waals surface area contributed by atoms with Crippen LogP contribution < -0.4 is 4.74 Å². The van der Waals surface area contributed by atoms with Crippen LogP contribution in [0.15, 0.2) is 41.8 Å². The van der Waals surface area contributed by atoms with Gasteiger partial charge in [0.2, 0.25) is 0 Å². The molecule has 2 rings (SSSR count). The average Bonchev–Trinajstić information content (AvgIpc) is 2.72. The first-order valence-corrected chi connectivity index (χ1v) is 7.90. The second-order valence-electron chi connectivity index (χ2n) is 5.11. The summed E-state index contributed by atoms with van der Waals surface area (Å²) in [6.45, 7) is 7.83. The van der Waals surface area contributed by atoms with Crippen LogP contribution in [0.3, 0.4) is 0 Å². The molecule has 0 unspecified atom stereocenters. The van der Waals surface area contributed by atoms with Crippen molar-refractivity contribution < 1.29 is 14.3 Å². The van der Waals surface area contributed by atoms with E-state index in [1.54, 1.807) is 37.5 Å². The molecule has 4 nitrogen and oxygen atoms in total. The zero-order valence-corrected chi connectivity index (χ0v) is 13.8. The summed E-state index contributed by atoms with van der Waals surface area (Å²) in [5, 5.41) is 0.212. The Kier molecular flexibility index (Phi) is 5.08. The summed E-state index contributed by atoms with van der Waals surface area (Å²) in [7, 11) is 1.59. The first kappa shape index (κ1) is 16.4. The fourth-order valence-electron chi connectivity index (χ4n) is 2.21. The molecule has 2 amide bonds. The van der Waals surface area contributed by atoms with Gasteiger partial charge < -0.3 is 4.74 Å². The molecule has 22 heavy (non-hydrogen) atoms. The van der Waals surface area contributed by atoms with Gasteiger partial charge in [-0.05, 0) is 17.7 Å². The number of nitrogens with zero attached hydrogens (tertiary/aromatic N) is 1. The predicted molar refractivity (Wildman–Crippen MR) is 89.6 cm³/mol. The lowest BCUT2D eigenvalue weighted by Crippen LogP contribution is -2.31. The maximum atomic E-state index is 12.6. The van der Waals surface area contributed by atoms with Gasteiger partial charge in [0.15, 0.2) is 0 Å². The van der Waals surface area contributed by atoms with Crippen molar-refractivity contribution in [2.24, 2.45) is 0 Å². The second-order valence-corrected chi connectivity index (χ2v) is 6.70. The van der Waals surface area contributed by atoms with Crippen molar-refractivity contribution in [1.29, 1.82) is 0 Å². The van der Waals surface area contributed by atoms with E-state index in [4.69, 9.17) is 4.74 Å². The number of imide groups is 1. The van der Waals surface area contributed by atoms with E-state index < -0.39 is 0 Å². The van der Waals surface area contributed by atoms with E-state index in [0.29, 0.717) is 16.2 Å². The standard InChI is InChI=1S/C17H19NO3S/c1-5-10-18-16(19)14(15(17(18)20)22-11(2)3)12-6-8-13(21-4)9-7-12/h5-9,11H,1,10H2,2-4H3. The van der Waals surface area contributed by atoms with Gasteiger partial charge in [-0.2, -0.15) is 0 Å². The van der Waals surface area contributed by atoms with Crippen molar-refractivity contribution in [3.8, 4) is 5.75 Å². The number of carbonyl (C=O) groups is 2. The lowest BCUT2D eigenvalue weighted by molar-refractivity contribution is -0.135. The molecular formula is C17H19NO3S. The highest BCUT2D eigenvalue weighted by Crippen LogP contribution is 2.38. The van der Waals surface area contributed by atoms with E-state index in [0.717, 1.165) is 5.56 Å². The number of benzene rings is 1. The summed E-state index contributed by atoms with van der Waals surface area (Å²) in [6, 6.07) is 7.18. The van der Waals surface area contributed by atoms with Crippen molar-refractivity contribution >= 4 is 29.1 Å². The largest absolute Gasteiger partial charge is 0.497 e. The molecule has 1 heterocycles. The number of hydrogen-bond acceptors (Lipinski definition) is 4. The Morgan fingerprint density at radius 1 is 1.23 bits per heavy atom. The Bertz CT molecular complexity index is 632. The summed E-state index contributed by atoms with van der Waals surface area (Å²) < 4.78 is 5.13. The number of amides is 2. The summed E-state index contributed by atoms with van der Waals surface area (Å²) in [5.74, 6) is 0.203. The molecule has 0 N–H and O–H groups in total. The molecule has 0 atom stereocenters. The smallest absolute Gasteiger partial charge is 0.268 e. The van der Waals surface area contributed by atoms with Gasteiger partial charge in [-0.25, -0.2) is 0 Å². The van der Waals surface area contributed by atoms with Crippen molar-refractivity contribution in [3.63, 3.8) is 0 Å². The normalized spacial score (nSPS) is 15.0. The lowest BCUT2D eigenvalue weighted by Gasteiger charge is -2.12.